The molecular weight excluding hydrogens is 252 g/mol. The number of benzene rings is 1. The lowest BCUT2D eigenvalue weighted by molar-refractivity contribution is -0.143. The van der Waals surface area contributed by atoms with Crippen LogP contribution in [0.5, 0.6) is 0 Å². The van der Waals surface area contributed by atoms with Crippen molar-refractivity contribution in [1.29, 1.82) is 0 Å². The van der Waals surface area contributed by atoms with Crippen LogP contribution in [0.25, 0.3) is 0 Å². The van der Waals surface area contributed by atoms with Crippen LogP contribution < -0.4 is 0 Å². The third-order valence-corrected chi connectivity index (χ3v) is 5.00. The molecule has 4 nitrogen and oxygen atoms in total. The zero-order valence-electron chi connectivity index (χ0n) is 10.4. The zero-order valence-corrected chi connectivity index (χ0v) is 11.2. The number of carbonyl (C=O) groups excluding carboxylic acids is 1. The maximum Gasteiger partial charge on any atom is 0.351 e. The molecule has 1 heterocycles. The normalized spacial score (nSPS) is 18.9. The van der Waals surface area contributed by atoms with E-state index in [2.05, 4.69) is 0 Å². The number of carbonyl (C=O) groups is 1. The van der Waals surface area contributed by atoms with Crippen LogP contribution in [0.4, 0.5) is 0 Å². The number of rotatable bonds is 2. The van der Waals surface area contributed by atoms with Crippen molar-refractivity contribution in [1.82, 2.24) is 0 Å². The number of ether oxygens (including phenoxy) is 1. The largest absolute Gasteiger partial charge is 0.451 e. The van der Waals surface area contributed by atoms with Gasteiger partial charge in [0.15, 0.2) is 4.91 Å². The second kappa shape index (κ2) is 3.95. The summed E-state index contributed by atoms with van der Waals surface area (Å²) in [6, 6.07) is 7.89. The van der Waals surface area contributed by atoms with Crippen molar-refractivity contribution in [3.05, 3.63) is 40.8 Å². The molecule has 1 aromatic rings. The van der Waals surface area contributed by atoms with Gasteiger partial charge in [-0.3, -0.25) is 0 Å². The quantitative estimate of drug-likeness (QED) is 0.769. The summed E-state index contributed by atoms with van der Waals surface area (Å²) in [6.45, 7) is 4.96. The Morgan fingerprint density at radius 3 is 2.11 bits per heavy atom. The molecule has 0 spiro atoms. The fourth-order valence-corrected chi connectivity index (χ4v) is 3.47. The Bertz CT molecular complexity index is 624. The molecule has 0 saturated carbocycles. The molecule has 0 atom stereocenters. The number of sulfone groups is 1. The van der Waals surface area contributed by atoms with Gasteiger partial charge >= 0.3 is 5.97 Å². The smallest absolute Gasteiger partial charge is 0.351 e. The minimum Gasteiger partial charge on any atom is -0.451 e. The molecule has 0 aliphatic carbocycles. The van der Waals surface area contributed by atoms with Crippen LogP contribution >= 0.6 is 0 Å². The lowest BCUT2D eigenvalue weighted by Gasteiger charge is -2.17. The first-order chi connectivity index (χ1) is 8.27. The summed E-state index contributed by atoms with van der Waals surface area (Å²) >= 11 is 0. The fourth-order valence-electron chi connectivity index (χ4n) is 1.81. The second-order valence-corrected chi connectivity index (χ2v) is 6.56. The van der Waals surface area contributed by atoms with E-state index in [0.717, 1.165) is 0 Å². The highest BCUT2D eigenvalue weighted by atomic mass is 32.2. The van der Waals surface area contributed by atoms with E-state index in [4.69, 9.17) is 4.74 Å². The van der Waals surface area contributed by atoms with E-state index in [-0.39, 0.29) is 9.80 Å². The van der Waals surface area contributed by atoms with Crippen LogP contribution in [0.2, 0.25) is 0 Å². The number of hydrogen-bond acceptors (Lipinski definition) is 4. The fraction of sp³-hybridized carbons (Fsp3) is 0.308. The van der Waals surface area contributed by atoms with Gasteiger partial charge in [-0.25, -0.2) is 13.2 Å². The van der Waals surface area contributed by atoms with Gasteiger partial charge in [-0.2, -0.15) is 0 Å². The molecule has 0 bridgehead atoms. The molecule has 0 saturated heterocycles. The summed E-state index contributed by atoms with van der Waals surface area (Å²) in [7, 11) is -3.80. The zero-order chi connectivity index (χ0) is 13.6. The van der Waals surface area contributed by atoms with Crippen LogP contribution in [-0.4, -0.2) is 20.0 Å². The summed E-state index contributed by atoms with van der Waals surface area (Å²) in [5.74, 6) is -0.777. The Hall–Kier alpha value is -1.62. The summed E-state index contributed by atoms with van der Waals surface area (Å²) in [5, 5.41) is 0. The number of esters is 1. The highest BCUT2D eigenvalue weighted by Crippen LogP contribution is 2.36. The van der Waals surface area contributed by atoms with Crippen LogP contribution in [0.15, 0.2) is 45.7 Å². The summed E-state index contributed by atoms with van der Waals surface area (Å²) in [5.41, 5.74) is -0.426. The molecule has 0 radical (unpaired) electrons. The molecule has 96 valence electrons. The van der Waals surface area contributed by atoms with E-state index in [1.807, 2.05) is 0 Å². The average molecular weight is 266 g/mol. The number of cyclic esters (lactones) is 1. The van der Waals surface area contributed by atoms with E-state index < -0.39 is 21.4 Å². The lowest BCUT2D eigenvalue weighted by Crippen LogP contribution is -2.21. The van der Waals surface area contributed by atoms with Crippen molar-refractivity contribution in [3.8, 4) is 0 Å². The SMILES string of the molecule is CC1=C(S(=O)(=O)c2ccccc2)C(=O)OC1(C)C. The Morgan fingerprint density at radius 1 is 1.11 bits per heavy atom. The topological polar surface area (TPSA) is 60.4 Å². The minimum absolute atomic E-state index is 0.106. The Kier molecular flexibility index (Phi) is 2.81. The Labute approximate surface area is 106 Å². The van der Waals surface area contributed by atoms with Gasteiger partial charge < -0.3 is 4.74 Å². The van der Waals surface area contributed by atoms with E-state index in [0.29, 0.717) is 5.57 Å². The van der Waals surface area contributed by atoms with E-state index in [9.17, 15) is 13.2 Å². The molecule has 0 unspecified atom stereocenters. The maximum atomic E-state index is 12.4. The minimum atomic E-state index is -3.80. The van der Waals surface area contributed by atoms with Crippen molar-refractivity contribution in [2.45, 2.75) is 31.3 Å². The molecule has 0 fully saturated rings. The van der Waals surface area contributed by atoms with Crippen LogP contribution in [-0.2, 0) is 19.4 Å². The van der Waals surface area contributed by atoms with Gasteiger partial charge in [0, 0.05) is 0 Å². The van der Waals surface area contributed by atoms with Crippen LogP contribution in [0, 0.1) is 0 Å². The van der Waals surface area contributed by atoms with Crippen molar-refractivity contribution < 1.29 is 17.9 Å². The first kappa shape index (κ1) is 12.8. The second-order valence-electron chi connectivity index (χ2n) is 4.67. The van der Waals surface area contributed by atoms with Gasteiger partial charge in [-0.05, 0) is 38.5 Å². The highest BCUT2D eigenvalue weighted by molar-refractivity contribution is 7.96. The average Bonchev–Trinajstić information content (AvgIpc) is 2.49. The maximum absolute atomic E-state index is 12.4. The Balaban J connectivity index is 2.63. The molecule has 0 N–H and O–H groups in total. The van der Waals surface area contributed by atoms with Gasteiger partial charge in [0.2, 0.25) is 9.84 Å². The molecule has 5 heteroatoms. The molecule has 1 aromatic carbocycles. The summed E-state index contributed by atoms with van der Waals surface area (Å²) in [6.07, 6.45) is 0. The highest BCUT2D eigenvalue weighted by Gasteiger charge is 2.44. The van der Waals surface area contributed by atoms with Gasteiger partial charge in [-0.1, -0.05) is 18.2 Å². The van der Waals surface area contributed by atoms with Gasteiger partial charge in [0.1, 0.15) is 5.60 Å². The van der Waals surface area contributed by atoms with Crippen molar-refractivity contribution in [2.75, 3.05) is 0 Å². The predicted molar refractivity (Wildman–Crippen MR) is 66.5 cm³/mol. The van der Waals surface area contributed by atoms with Gasteiger partial charge in [0.25, 0.3) is 0 Å². The predicted octanol–water partition coefficient (Wildman–Crippen LogP) is 2.07. The Morgan fingerprint density at radius 2 is 1.67 bits per heavy atom. The third-order valence-electron chi connectivity index (χ3n) is 3.10. The standard InChI is InChI=1S/C13H14O4S/c1-9-11(12(14)17-13(9,2)3)18(15,16)10-7-5-4-6-8-10/h4-8H,1-3H3. The van der Waals surface area contributed by atoms with Crippen molar-refractivity contribution in [3.63, 3.8) is 0 Å². The molecule has 2 rings (SSSR count). The van der Waals surface area contributed by atoms with Crippen molar-refractivity contribution in [2.24, 2.45) is 0 Å². The molecule has 0 amide bonds. The summed E-state index contributed by atoms with van der Waals surface area (Å²) in [4.78, 5) is 11.6. The van der Waals surface area contributed by atoms with Gasteiger partial charge in [0.05, 0.1) is 4.90 Å². The van der Waals surface area contributed by atoms with Gasteiger partial charge in [-0.15, -0.1) is 0 Å². The number of hydrogen-bond donors (Lipinski definition) is 0. The molecular formula is C13H14O4S. The van der Waals surface area contributed by atoms with Crippen LogP contribution in [0.1, 0.15) is 20.8 Å². The first-order valence-corrected chi connectivity index (χ1v) is 7.00. The molecule has 0 aromatic heterocycles. The molecule has 1 aliphatic rings. The molecule has 1 aliphatic heterocycles. The van der Waals surface area contributed by atoms with Crippen LogP contribution in [0.3, 0.4) is 0 Å². The van der Waals surface area contributed by atoms with Crippen molar-refractivity contribution >= 4 is 15.8 Å². The van der Waals surface area contributed by atoms with E-state index in [1.54, 1.807) is 39.0 Å². The van der Waals surface area contributed by atoms with E-state index >= 15 is 0 Å². The first-order valence-electron chi connectivity index (χ1n) is 5.51. The molecule has 18 heavy (non-hydrogen) atoms. The van der Waals surface area contributed by atoms with E-state index in [1.165, 1.54) is 12.1 Å². The monoisotopic (exact) mass is 266 g/mol. The lowest BCUT2D eigenvalue weighted by atomic mass is 10.0. The third kappa shape index (κ3) is 1.84. The summed E-state index contributed by atoms with van der Waals surface area (Å²) < 4.78 is 29.9.